The molecule has 92 valence electrons. The molecule has 0 radical (unpaired) electrons. The average molecular weight is 227 g/mol. The van der Waals surface area contributed by atoms with E-state index >= 15 is 0 Å². The zero-order valence-electron chi connectivity index (χ0n) is 10.3. The lowest BCUT2D eigenvalue weighted by molar-refractivity contribution is 0.0658. The second kappa shape index (κ2) is 7.38. The van der Waals surface area contributed by atoms with Crippen molar-refractivity contribution < 1.29 is 9.47 Å². The number of hydrogen-bond acceptors (Lipinski definition) is 4. The highest BCUT2D eigenvalue weighted by molar-refractivity contribution is 5.06. The van der Waals surface area contributed by atoms with E-state index in [1.54, 1.807) is 7.11 Å². The van der Waals surface area contributed by atoms with Crippen LogP contribution < -0.4 is 5.32 Å². The molecule has 1 aromatic rings. The maximum absolute atomic E-state index is 5.45. The summed E-state index contributed by atoms with van der Waals surface area (Å²) in [6, 6.07) is 2.31. The summed E-state index contributed by atoms with van der Waals surface area (Å²) in [7, 11) is 5.58. The molecule has 5 nitrogen and oxygen atoms in total. The lowest BCUT2D eigenvalue weighted by Gasteiger charge is -2.16. The Hall–Kier alpha value is -0.910. The molecule has 1 rings (SSSR count). The van der Waals surface area contributed by atoms with E-state index in [0.29, 0.717) is 13.2 Å². The fraction of sp³-hybridized carbons (Fsp3) is 0.727. The van der Waals surface area contributed by atoms with Gasteiger partial charge in [-0.1, -0.05) is 0 Å². The maximum Gasteiger partial charge on any atom is 0.0700 e. The first kappa shape index (κ1) is 13.2. The smallest absolute Gasteiger partial charge is 0.0700 e. The van der Waals surface area contributed by atoms with E-state index in [-0.39, 0.29) is 6.04 Å². The van der Waals surface area contributed by atoms with Gasteiger partial charge in [-0.3, -0.25) is 4.68 Å². The highest BCUT2D eigenvalue weighted by Crippen LogP contribution is 2.14. The Morgan fingerprint density at radius 3 is 2.81 bits per heavy atom. The van der Waals surface area contributed by atoms with Gasteiger partial charge in [0, 0.05) is 27.0 Å². The zero-order valence-corrected chi connectivity index (χ0v) is 10.3. The monoisotopic (exact) mass is 227 g/mol. The van der Waals surface area contributed by atoms with E-state index < -0.39 is 0 Å². The Labute approximate surface area is 96.7 Å². The lowest BCUT2D eigenvalue weighted by Crippen LogP contribution is -2.21. The highest BCUT2D eigenvalue weighted by atomic mass is 16.5. The van der Waals surface area contributed by atoms with Gasteiger partial charge in [-0.15, -0.1) is 0 Å². The largest absolute Gasteiger partial charge is 0.382 e. The Kier molecular flexibility index (Phi) is 6.07. The summed E-state index contributed by atoms with van der Waals surface area (Å²) >= 11 is 0. The molecule has 0 bridgehead atoms. The minimum absolute atomic E-state index is 0.287. The van der Waals surface area contributed by atoms with Crippen molar-refractivity contribution >= 4 is 0 Å². The van der Waals surface area contributed by atoms with Gasteiger partial charge >= 0.3 is 0 Å². The lowest BCUT2D eigenvalue weighted by atomic mass is 10.1. The fourth-order valence-electron chi connectivity index (χ4n) is 1.61. The molecule has 5 heteroatoms. The molecule has 1 atom stereocenters. The first-order chi connectivity index (χ1) is 7.79. The van der Waals surface area contributed by atoms with Gasteiger partial charge in [0.15, 0.2) is 0 Å². The van der Waals surface area contributed by atoms with E-state index in [9.17, 15) is 0 Å². The molecule has 0 saturated carbocycles. The number of nitrogens with one attached hydrogen (secondary N) is 1. The Morgan fingerprint density at radius 1 is 1.44 bits per heavy atom. The molecule has 0 amide bonds. The molecule has 0 aromatic carbocycles. The predicted octanol–water partition coefficient (Wildman–Crippen LogP) is 0.734. The van der Waals surface area contributed by atoms with E-state index in [2.05, 4.69) is 10.4 Å². The van der Waals surface area contributed by atoms with Crippen LogP contribution in [-0.4, -0.2) is 43.8 Å². The van der Waals surface area contributed by atoms with E-state index in [1.165, 1.54) is 5.69 Å². The van der Waals surface area contributed by atoms with Gasteiger partial charge in [-0.25, -0.2) is 0 Å². The standard InChI is InChI=1S/C11H21N3O2/c1-12-10(5-7-16-9-8-15-3)11-4-6-13-14(11)2/h4,6,10,12H,5,7-9H2,1-3H3. The second-order valence-electron chi connectivity index (χ2n) is 3.61. The molecule has 1 aromatic heterocycles. The van der Waals surface area contributed by atoms with Gasteiger partial charge in [0.1, 0.15) is 0 Å². The van der Waals surface area contributed by atoms with Gasteiger partial charge in [0.05, 0.1) is 24.9 Å². The zero-order chi connectivity index (χ0) is 11.8. The first-order valence-electron chi connectivity index (χ1n) is 5.51. The van der Waals surface area contributed by atoms with Crippen LogP contribution >= 0.6 is 0 Å². The van der Waals surface area contributed by atoms with Crippen LogP contribution in [0, 0.1) is 0 Å². The maximum atomic E-state index is 5.45. The topological polar surface area (TPSA) is 48.3 Å². The van der Waals surface area contributed by atoms with Crippen LogP contribution in [0.3, 0.4) is 0 Å². The third-order valence-electron chi connectivity index (χ3n) is 2.55. The predicted molar refractivity (Wildman–Crippen MR) is 62.3 cm³/mol. The van der Waals surface area contributed by atoms with Crippen LogP contribution in [-0.2, 0) is 16.5 Å². The van der Waals surface area contributed by atoms with Gasteiger partial charge in [-0.2, -0.15) is 5.10 Å². The third kappa shape index (κ3) is 3.92. The summed E-state index contributed by atoms with van der Waals surface area (Å²) in [5.74, 6) is 0. The summed E-state index contributed by atoms with van der Waals surface area (Å²) in [5, 5.41) is 7.42. The molecule has 1 N–H and O–H groups in total. The fourth-order valence-corrected chi connectivity index (χ4v) is 1.61. The molecular weight excluding hydrogens is 206 g/mol. The highest BCUT2D eigenvalue weighted by Gasteiger charge is 2.12. The van der Waals surface area contributed by atoms with Crippen LogP contribution in [0.5, 0.6) is 0 Å². The molecule has 0 aliphatic carbocycles. The summed E-state index contributed by atoms with van der Waals surface area (Å²) < 4.78 is 12.2. The number of ether oxygens (including phenoxy) is 2. The molecule has 0 aliphatic heterocycles. The quantitative estimate of drug-likeness (QED) is 0.665. The van der Waals surface area contributed by atoms with Crippen molar-refractivity contribution in [3.05, 3.63) is 18.0 Å². The van der Waals surface area contributed by atoms with Crippen LogP contribution in [0.4, 0.5) is 0 Å². The van der Waals surface area contributed by atoms with Crippen molar-refractivity contribution in [3.8, 4) is 0 Å². The number of nitrogens with zero attached hydrogens (tertiary/aromatic N) is 2. The minimum atomic E-state index is 0.287. The van der Waals surface area contributed by atoms with E-state index in [4.69, 9.17) is 9.47 Å². The molecule has 0 spiro atoms. The molecule has 0 saturated heterocycles. The molecule has 0 aliphatic rings. The van der Waals surface area contributed by atoms with Crippen molar-refractivity contribution in [1.82, 2.24) is 15.1 Å². The number of aromatic nitrogens is 2. The van der Waals surface area contributed by atoms with Crippen molar-refractivity contribution in [2.45, 2.75) is 12.5 Å². The van der Waals surface area contributed by atoms with Crippen molar-refractivity contribution in [1.29, 1.82) is 0 Å². The van der Waals surface area contributed by atoms with Crippen molar-refractivity contribution in [2.75, 3.05) is 34.0 Å². The number of methoxy groups -OCH3 is 1. The first-order valence-corrected chi connectivity index (χ1v) is 5.51. The Balaban J connectivity index is 2.30. The summed E-state index contributed by atoms with van der Waals surface area (Å²) in [5.41, 5.74) is 1.18. The number of hydrogen-bond donors (Lipinski definition) is 1. The van der Waals surface area contributed by atoms with Gasteiger partial charge < -0.3 is 14.8 Å². The van der Waals surface area contributed by atoms with Crippen LogP contribution in [0.15, 0.2) is 12.3 Å². The van der Waals surface area contributed by atoms with Crippen molar-refractivity contribution in [3.63, 3.8) is 0 Å². The van der Waals surface area contributed by atoms with Gasteiger partial charge in [0.2, 0.25) is 0 Å². The molecule has 1 heterocycles. The van der Waals surface area contributed by atoms with E-state index in [1.807, 2.05) is 31.0 Å². The molecule has 1 unspecified atom stereocenters. The van der Waals surface area contributed by atoms with Crippen molar-refractivity contribution in [2.24, 2.45) is 7.05 Å². The van der Waals surface area contributed by atoms with Crippen LogP contribution in [0.2, 0.25) is 0 Å². The Morgan fingerprint density at radius 2 is 2.25 bits per heavy atom. The van der Waals surface area contributed by atoms with E-state index in [0.717, 1.165) is 13.0 Å². The van der Waals surface area contributed by atoms with Gasteiger partial charge in [-0.05, 0) is 19.5 Å². The average Bonchev–Trinajstić information content (AvgIpc) is 2.70. The minimum Gasteiger partial charge on any atom is -0.382 e. The summed E-state index contributed by atoms with van der Waals surface area (Å²) in [4.78, 5) is 0. The molecular formula is C11H21N3O2. The van der Waals surface area contributed by atoms with Crippen LogP contribution in [0.1, 0.15) is 18.2 Å². The normalized spacial score (nSPS) is 12.9. The van der Waals surface area contributed by atoms with Crippen LogP contribution in [0.25, 0.3) is 0 Å². The third-order valence-corrected chi connectivity index (χ3v) is 2.55. The molecule has 16 heavy (non-hydrogen) atoms. The van der Waals surface area contributed by atoms with Gasteiger partial charge in [0.25, 0.3) is 0 Å². The second-order valence-corrected chi connectivity index (χ2v) is 3.61. The summed E-state index contributed by atoms with van der Waals surface area (Å²) in [6.07, 6.45) is 2.74. The summed E-state index contributed by atoms with van der Waals surface area (Å²) in [6.45, 7) is 2.02. The Bertz CT molecular complexity index is 289. The molecule has 0 fully saturated rings. The number of aryl methyl sites for hydroxylation is 1. The number of rotatable bonds is 8. The SMILES string of the molecule is CNC(CCOCCOC)c1ccnn1C.